The number of ether oxygens (including phenoxy) is 1. The second-order valence-corrected chi connectivity index (χ2v) is 11.0. The first-order valence-corrected chi connectivity index (χ1v) is 15.1. The zero-order valence-corrected chi connectivity index (χ0v) is 25.8. The standard InChI is InChI=1S/C36H32FN5O6/c37-28-13-10-25(11-14-28)30(21-34(44)45)40-35(46)27-12-15-32(31(20-27)39-33(43)23-48-29-4-2-1-3-5-29)41-16-18-42(19-17-41)36(47)26-8-6-24(22-38)7-9-26/h1-15,20,30H,16-19,21,23H2,(H,39,43)(H,40,46)(H,44,45). The molecule has 3 amide bonds. The van der Waals surface area contributed by atoms with Gasteiger partial charge in [-0.05, 0) is 72.3 Å². The van der Waals surface area contributed by atoms with Crippen molar-refractivity contribution < 1.29 is 33.4 Å². The number of carbonyl (C=O) groups is 4. The fraction of sp³-hybridized carbons (Fsp3) is 0.194. The summed E-state index contributed by atoms with van der Waals surface area (Å²) in [5, 5.41) is 24.1. The molecule has 0 radical (unpaired) electrons. The number of benzene rings is 4. The van der Waals surface area contributed by atoms with Crippen LogP contribution in [0.25, 0.3) is 0 Å². The summed E-state index contributed by atoms with van der Waals surface area (Å²) in [4.78, 5) is 54.8. The topological polar surface area (TPSA) is 152 Å². The summed E-state index contributed by atoms with van der Waals surface area (Å²) in [6.45, 7) is 1.35. The van der Waals surface area contributed by atoms with Crippen molar-refractivity contribution >= 4 is 35.1 Å². The number of para-hydroxylation sites is 1. The van der Waals surface area contributed by atoms with Gasteiger partial charge < -0.3 is 30.3 Å². The summed E-state index contributed by atoms with van der Waals surface area (Å²) in [6.07, 6.45) is -0.429. The van der Waals surface area contributed by atoms with Crippen LogP contribution in [-0.2, 0) is 9.59 Å². The number of piperazine rings is 1. The number of anilines is 2. The minimum Gasteiger partial charge on any atom is -0.484 e. The Balaban J connectivity index is 1.34. The molecule has 4 aromatic carbocycles. The molecule has 0 spiro atoms. The summed E-state index contributed by atoms with van der Waals surface area (Å²) < 4.78 is 19.1. The van der Waals surface area contributed by atoms with Gasteiger partial charge in [0.05, 0.1) is 35.5 Å². The Bertz CT molecular complexity index is 1820. The minimum absolute atomic E-state index is 0.158. The van der Waals surface area contributed by atoms with E-state index in [1.807, 2.05) is 17.0 Å². The number of rotatable bonds is 11. The number of hydrogen-bond donors (Lipinski definition) is 3. The lowest BCUT2D eigenvalue weighted by Gasteiger charge is -2.37. The van der Waals surface area contributed by atoms with Gasteiger partial charge in [0.1, 0.15) is 11.6 Å². The summed E-state index contributed by atoms with van der Waals surface area (Å²) in [5.41, 5.74) is 2.46. The largest absolute Gasteiger partial charge is 0.484 e. The van der Waals surface area contributed by atoms with E-state index in [0.29, 0.717) is 60.0 Å². The van der Waals surface area contributed by atoms with Crippen molar-refractivity contribution in [2.75, 3.05) is 43.0 Å². The van der Waals surface area contributed by atoms with E-state index >= 15 is 0 Å². The van der Waals surface area contributed by atoms with Gasteiger partial charge >= 0.3 is 5.97 Å². The molecule has 1 heterocycles. The molecule has 0 aromatic heterocycles. The number of amides is 3. The Morgan fingerprint density at radius 3 is 2.19 bits per heavy atom. The molecule has 4 aromatic rings. The first kappa shape index (κ1) is 33.2. The van der Waals surface area contributed by atoms with E-state index in [1.165, 1.54) is 30.3 Å². The average molecular weight is 650 g/mol. The normalized spacial score (nSPS) is 13.2. The number of nitriles is 1. The number of carbonyl (C=O) groups excluding carboxylic acids is 3. The van der Waals surface area contributed by atoms with Gasteiger partial charge in [0.25, 0.3) is 17.7 Å². The van der Waals surface area contributed by atoms with Gasteiger partial charge in [0.2, 0.25) is 0 Å². The maximum absolute atomic E-state index is 13.5. The minimum atomic E-state index is -1.15. The van der Waals surface area contributed by atoms with Gasteiger partial charge in [-0.25, -0.2) is 4.39 Å². The molecule has 12 heteroatoms. The zero-order valence-electron chi connectivity index (χ0n) is 25.8. The van der Waals surface area contributed by atoms with Crippen molar-refractivity contribution in [3.63, 3.8) is 0 Å². The highest BCUT2D eigenvalue weighted by molar-refractivity contribution is 6.01. The van der Waals surface area contributed by atoms with E-state index < -0.39 is 36.1 Å². The molecule has 1 saturated heterocycles. The third kappa shape index (κ3) is 8.52. The van der Waals surface area contributed by atoms with Crippen LogP contribution in [0.15, 0.2) is 97.1 Å². The highest BCUT2D eigenvalue weighted by Gasteiger charge is 2.26. The zero-order chi connectivity index (χ0) is 34.0. The van der Waals surface area contributed by atoms with Crippen LogP contribution < -0.4 is 20.3 Å². The monoisotopic (exact) mass is 649 g/mol. The van der Waals surface area contributed by atoms with Crippen LogP contribution >= 0.6 is 0 Å². The molecular weight excluding hydrogens is 617 g/mol. The summed E-state index contributed by atoms with van der Waals surface area (Å²) in [7, 11) is 0. The van der Waals surface area contributed by atoms with Crippen molar-refractivity contribution in [2.24, 2.45) is 0 Å². The molecule has 11 nitrogen and oxygen atoms in total. The Hall–Kier alpha value is -6.22. The molecule has 1 fully saturated rings. The number of aliphatic carboxylic acids is 1. The molecule has 1 aliphatic heterocycles. The highest BCUT2D eigenvalue weighted by atomic mass is 19.1. The van der Waals surface area contributed by atoms with Crippen LogP contribution in [0.5, 0.6) is 5.75 Å². The van der Waals surface area contributed by atoms with Crippen LogP contribution in [0, 0.1) is 17.1 Å². The first-order valence-electron chi connectivity index (χ1n) is 15.1. The van der Waals surface area contributed by atoms with Crippen LogP contribution in [0.1, 0.15) is 44.3 Å². The molecule has 1 atom stereocenters. The lowest BCUT2D eigenvalue weighted by Crippen LogP contribution is -2.49. The Labute approximate surface area is 276 Å². The number of hydrogen-bond acceptors (Lipinski definition) is 7. The number of carboxylic acid groups (broad SMARTS) is 1. The van der Waals surface area contributed by atoms with Crippen molar-refractivity contribution in [1.82, 2.24) is 10.2 Å². The van der Waals surface area contributed by atoms with Gasteiger partial charge in [-0.2, -0.15) is 5.26 Å². The summed E-state index contributed by atoms with van der Waals surface area (Å²) in [5.74, 6) is -2.36. The third-order valence-electron chi connectivity index (χ3n) is 7.77. The van der Waals surface area contributed by atoms with Crippen LogP contribution in [-0.4, -0.2) is 66.5 Å². The predicted molar refractivity (Wildman–Crippen MR) is 175 cm³/mol. The van der Waals surface area contributed by atoms with Gasteiger partial charge in [-0.3, -0.25) is 19.2 Å². The number of nitrogens with one attached hydrogen (secondary N) is 2. The Kier molecular flexibility index (Phi) is 10.6. The lowest BCUT2D eigenvalue weighted by atomic mass is 10.0. The highest BCUT2D eigenvalue weighted by Crippen LogP contribution is 2.30. The third-order valence-corrected chi connectivity index (χ3v) is 7.77. The van der Waals surface area contributed by atoms with E-state index in [0.717, 1.165) is 0 Å². The van der Waals surface area contributed by atoms with Gasteiger partial charge in [0, 0.05) is 37.3 Å². The van der Waals surface area contributed by atoms with Crippen LogP contribution in [0.3, 0.4) is 0 Å². The number of halogens is 1. The maximum Gasteiger partial charge on any atom is 0.305 e. The van der Waals surface area contributed by atoms with Crippen molar-refractivity contribution in [1.29, 1.82) is 5.26 Å². The van der Waals surface area contributed by atoms with E-state index in [4.69, 9.17) is 10.00 Å². The van der Waals surface area contributed by atoms with E-state index in [9.17, 15) is 28.7 Å². The van der Waals surface area contributed by atoms with Crippen molar-refractivity contribution in [3.8, 4) is 11.8 Å². The molecule has 1 unspecified atom stereocenters. The molecular formula is C36H32FN5O6. The smallest absolute Gasteiger partial charge is 0.305 e. The van der Waals surface area contributed by atoms with Gasteiger partial charge in [-0.1, -0.05) is 30.3 Å². The van der Waals surface area contributed by atoms with Gasteiger partial charge in [-0.15, -0.1) is 0 Å². The molecule has 0 saturated carbocycles. The van der Waals surface area contributed by atoms with E-state index in [1.54, 1.807) is 65.6 Å². The average Bonchev–Trinajstić information content (AvgIpc) is 3.11. The Morgan fingerprint density at radius 2 is 1.54 bits per heavy atom. The lowest BCUT2D eigenvalue weighted by molar-refractivity contribution is -0.137. The number of nitrogens with zero attached hydrogens (tertiary/aromatic N) is 3. The summed E-state index contributed by atoms with van der Waals surface area (Å²) >= 11 is 0. The quantitative estimate of drug-likeness (QED) is 0.213. The molecule has 0 aliphatic carbocycles. The SMILES string of the molecule is N#Cc1ccc(C(=O)N2CCN(c3ccc(C(=O)NC(CC(=O)O)c4ccc(F)cc4)cc3NC(=O)COc3ccccc3)CC2)cc1. The second kappa shape index (κ2) is 15.4. The molecule has 1 aliphatic rings. The molecule has 5 rings (SSSR count). The molecule has 244 valence electrons. The predicted octanol–water partition coefficient (Wildman–Crippen LogP) is 4.62. The first-order chi connectivity index (χ1) is 23.2. The summed E-state index contributed by atoms with van der Waals surface area (Å²) in [6, 6.07) is 26.3. The fourth-order valence-electron chi connectivity index (χ4n) is 5.29. The number of carboxylic acids is 1. The van der Waals surface area contributed by atoms with Gasteiger partial charge in [0.15, 0.2) is 6.61 Å². The molecule has 48 heavy (non-hydrogen) atoms. The molecule has 0 bridgehead atoms. The van der Waals surface area contributed by atoms with E-state index in [2.05, 4.69) is 10.6 Å². The van der Waals surface area contributed by atoms with Crippen LogP contribution in [0.4, 0.5) is 15.8 Å². The van der Waals surface area contributed by atoms with Crippen molar-refractivity contribution in [3.05, 3.63) is 125 Å². The van der Waals surface area contributed by atoms with Crippen molar-refractivity contribution in [2.45, 2.75) is 12.5 Å². The second-order valence-electron chi connectivity index (χ2n) is 11.0. The maximum atomic E-state index is 13.5. The van der Waals surface area contributed by atoms with Crippen LogP contribution in [0.2, 0.25) is 0 Å². The molecule has 3 N–H and O–H groups in total. The fourth-order valence-corrected chi connectivity index (χ4v) is 5.29. The van der Waals surface area contributed by atoms with E-state index in [-0.39, 0.29) is 18.1 Å². The Morgan fingerprint density at radius 1 is 0.875 bits per heavy atom.